The summed E-state index contributed by atoms with van der Waals surface area (Å²) in [4.78, 5) is 43.9. The van der Waals surface area contributed by atoms with Crippen molar-refractivity contribution in [2.45, 2.75) is 26.7 Å². The van der Waals surface area contributed by atoms with E-state index in [4.69, 9.17) is 4.74 Å². The molecule has 8 heteroatoms. The Bertz CT molecular complexity index is 671. The Hall–Kier alpha value is -2.22. The fraction of sp³-hybridized carbons (Fsp3) is 0.647. The van der Waals surface area contributed by atoms with E-state index in [0.29, 0.717) is 50.7 Å². The molecule has 25 heavy (non-hydrogen) atoms. The monoisotopic (exact) mass is 350 g/mol. The SMILES string of the molecule is COCCN1C[C@@H](CNC(=O)c2cc(CC(C)C)[nH]c(=O)n2)CC1=O. The summed E-state index contributed by atoms with van der Waals surface area (Å²) in [5, 5.41) is 2.78. The number of carbonyl (C=O) groups excluding carboxylic acids is 2. The molecule has 0 aromatic carbocycles. The minimum Gasteiger partial charge on any atom is -0.383 e. The number of nitrogens with zero attached hydrogens (tertiary/aromatic N) is 2. The van der Waals surface area contributed by atoms with Gasteiger partial charge in [0, 0.05) is 44.8 Å². The number of likely N-dealkylation sites (tertiary alicyclic amines) is 1. The Labute approximate surface area is 147 Å². The van der Waals surface area contributed by atoms with Crippen molar-refractivity contribution >= 4 is 11.8 Å². The predicted octanol–water partition coefficient (Wildman–Crippen LogP) is 0.193. The molecule has 0 saturated carbocycles. The normalized spacial score (nSPS) is 17.4. The number of rotatable bonds is 8. The topological polar surface area (TPSA) is 104 Å². The van der Waals surface area contributed by atoms with Crippen LogP contribution in [0.1, 0.15) is 36.5 Å². The Morgan fingerprint density at radius 3 is 2.92 bits per heavy atom. The van der Waals surface area contributed by atoms with E-state index in [9.17, 15) is 14.4 Å². The molecule has 0 radical (unpaired) electrons. The lowest BCUT2D eigenvalue weighted by atomic mass is 10.1. The van der Waals surface area contributed by atoms with E-state index in [-0.39, 0.29) is 23.4 Å². The average Bonchev–Trinajstić information content (AvgIpc) is 2.89. The molecule has 0 unspecified atom stereocenters. The second-order valence-corrected chi connectivity index (χ2v) is 6.81. The Kier molecular flexibility index (Phi) is 6.69. The summed E-state index contributed by atoms with van der Waals surface area (Å²) in [5.41, 5.74) is 0.284. The number of ether oxygens (including phenoxy) is 1. The zero-order valence-corrected chi connectivity index (χ0v) is 15.0. The van der Waals surface area contributed by atoms with Crippen LogP contribution in [0.25, 0.3) is 0 Å². The van der Waals surface area contributed by atoms with Crippen molar-refractivity contribution in [2.24, 2.45) is 11.8 Å². The van der Waals surface area contributed by atoms with E-state index in [1.807, 2.05) is 13.8 Å². The van der Waals surface area contributed by atoms with Crippen molar-refractivity contribution in [3.05, 3.63) is 27.9 Å². The Balaban J connectivity index is 1.91. The molecular formula is C17H26N4O4. The summed E-state index contributed by atoms with van der Waals surface area (Å²) in [7, 11) is 1.60. The van der Waals surface area contributed by atoms with E-state index in [1.54, 1.807) is 18.1 Å². The van der Waals surface area contributed by atoms with Crippen LogP contribution in [0.3, 0.4) is 0 Å². The molecule has 0 aliphatic carbocycles. The third-order valence-electron chi connectivity index (χ3n) is 4.07. The van der Waals surface area contributed by atoms with Crippen LogP contribution >= 0.6 is 0 Å². The first-order chi connectivity index (χ1) is 11.9. The third-order valence-corrected chi connectivity index (χ3v) is 4.07. The quantitative estimate of drug-likeness (QED) is 0.697. The maximum absolute atomic E-state index is 12.3. The van der Waals surface area contributed by atoms with Gasteiger partial charge in [0.15, 0.2) is 0 Å². The van der Waals surface area contributed by atoms with Gasteiger partial charge in [0.05, 0.1) is 6.61 Å². The van der Waals surface area contributed by atoms with Crippen molar-refractivity contribution in [1.29, 1.82) is 0 Å². The first-order valence-corrected chi connectivity index (χ1v) is 8.54. The zero-order valence-electron chi connectivity index (χ0n) is 15.0. The zero-order chi connectivity index (χ0) is 18.4. The molecule has 1 aliphatic heterocycles. The number of amides is 2. The second-order valence-electron chi connectivity index (χ2n) is 6.81. The summed E-state index contributed by atoms with van der Waals surface area (Å²) in [6.45, 7) is 6.11. The Morgan fingerprint density at radius 1 is 1.48 bits per heavy atom. The predicted molar refractivity (Wildman–Crippen MR) is 92.3 cm³/mol. The van der Waals surface area contributed by atoms with Gasteiger partial charge in [-0.2, -0.15) is 4.98 Å². The third kappa shape index (κ3) is 5.67. The van der Waals surface area contributed by atoms with E-state index in [0.717, 1.165) is 0 Å². The largest absolute Gasteiger partial charge is 0.383 e. The van der Waals surface area contributed by atoms with Gasteiger partial charge in [-0.05, 0) is 18.4 Å². The molecule has 2 heterocycles. The van der Waals surface area contributed by atoms with Gasteiger partial charge in [0.2, 0.25) is 5.91 Å². The van der Waals surface area contributed by atoms with Crippen molar-refractivity contribution < 1.29 is 14.3 Å². The smallest absolute Gasteiger partial charge is 0.345 e. The number of carbonyl (C=O) groups is 2. The van der Waals surface area contributed by atoms with Crippen molar-refractivity contribution in [3.8, 4) is 0 Å². The van der Waals surface area contributed by atoms with Gasteiger partial charge in [0.25, 0.3) is 5.91 Å². The van der Waals surface area contributed by atoms with E-state index in [2.05, 4.69) is 15.3 Å². The van der Waals surface area contributed by atoms with Crippen LogP contribution in [0, 0.1) is 11.8 Å². The van der Waals surface area contributed by atoms with Gasteiger partial charge < -0.3 is 19.9 Å². The highest BCUT2D eigenvalue weighted by molar-refractivity contribution is 5.92. The number of methoxy groups -OCH3 is 1. The molecule has 0 spiro atoms. The van der Waals surface area contributed by atoms with Crippen molar-refractivity contribution in [2.75, 3.05) is 33.4 Å². The molecule has 1 aromatic rings. The molecule has 2 amide bonds. The molecule has 1 atom stereocenters. The molecule has 8 nitrogen and oxygen atoms in total. The first-order valence-electron chi connectivity index (χ1n) is 8.54. The van der Waals surface area contributed by atoms with Crippen LogP contribution in [-0.2, 0) is 16.0 Å². The van der Waals surface area contributed by atoms with E-state index < -0.39 is 5.69 Å². The minimum absolute atomic E-state index is 0.0606. The molecule has 1 saturated heterocycles. The fourth-order valence-electron chi connectivity index (χ4n) is 2.91. The van der Waals surface area contributed by atoms with Gasteiger partial charge in [-0.25, -0.2) is 4.79 Å². The molecular weight excluding hydrogens is 324 g/mol. The molecule has 0 bridgehead atoms. The van der Waals surface area contributed by atoms with Crippen LogP contribution in [0.4, 0.5) is 0 Å². The van der Waals surface area contributed by atoms with Crippen LogP contribution in [0.5, 0.6) is 0 Å². The van der Waals surface area contributed by atoms with Crippen LogP contribution in [0.2, 0.25) is 0 Å². The number of aromatic amines is 1. The highest BCUT2D eigenvalue weighted by Gasteiger charge is 2.29. The van der Waals surface area contributed by atoms with Gasteiger partial charge in [-0.1, -0.05) is 13.8 Å². The lowest BCUT2D eigenvalue weighted by Gasteiger charge is -2.16. The minimum atomic E-state index is -0.523. The van der Waals surface area contributed by atoms with Gasteiger partial charge >= 0.3 is 5.69 Å². The summed E-state index contributed by atoms with van der Waals surface area (Å²) >= 11 is 0. The highest BCUT2D eigenvalue weighted by Crippen LogP contribution is 2.16. The number of H-pyrrole nitrogens is 1. The molecule has 1 aliphatic rings. The van der Waals surface area contributed by atoms with E-state index in [1.165, 1.54) is 0 Å². The first kappa shape index (κ1) is 19.1. The maximum atomic E-state index is 12.3. The number of aromatic nitrogens is 2. The maximum Gasteiger partial charge on any atom is 0.345 e. The average molecular weight is 350 g/mol. The molecule has 1 fully saturated rings. The summed E-state index contributed by atoms with van der Waals surface area (Å²) in [5.74, 6) is 0.102. The highest BCUT2D eigenvalue weighted by atomic mass is 16.5. The summed E-state index contributed by atoms with van der Waals surface area (Å²) in [6, 6.07) is 1.61. The standard InChI is InChI=1S/C17H26N4O4/c1-11(2)6-13-8-14(20-17(24)19-13)16(23)18-9-12-7-15(22)21(10-12)4-5-25-3/h8,11-12H,4-7,9-10H2,1-3H3,(H,18,23)(H,19,20,24)/t12-/m1/s1. The number of hydrogen-bond donors (Lipinski definition) is 2. The van der Waals surface area contributed by atoms with Gasteiger partial charge in [0.1, 0.15) is 5.69 Å². The Morgan fingerprint density at radius 2 is 2.24 bits per heavy atom. The fourth-order valence-corrected chi connectivity index (χ4v) is 2.91. The van der Waals surface area contributed by atoms with Crippen LogP contribution < -0.4 is 11.0 Å². The lowest BCUT2D eigenvalue weighted by molar-refractivity contribution is -0.128. The summed E-state index contributed by atoms with van der Waals surface area (Å²) < 4.78 is 4.99. The molecule has 1 aromatic heterocycles. The lowest BCUT2D eigenvalue weighted by Crippen LogP contribution is -2.33. The molecule has 138 valence electrons. The van der Waals surface area contributed by atoms with Crippen molar-refractivity contribution in [1.82, 2.24) is 20.2 Å². The molecule has 2 N–H and O–H groups in total. The van der Waals surface area contributed by atoms with Crippen LogP contribution in [-0.4, -0.2) is 60.0 Å². The van der Waals surface area contributed by atoms with Crippen LogP contribution in [0.15, 0.2) is 10.9 Å². The van der Waals surface area contributed by atoms with Gasteiger partial charge in [-0.3, -0.25) is 9.59 Å². The van der Waals surface area contributed by atoms with Gasteiger partial charge in [-0.15, -0.1) is 0 Å². The number of nitrogens with one attached hydrogen (secondary N) is 2. The second kappa shape index (κ2) is 8.75. The number of hydrogen-bond acceptors (Lipinski definition) is 5. The molecule has 2 rings (SSSR count). The van der Waals surface area contributed by atoms with E-state index >= 15 is 0 Å². The summed E-state index contributed by atoms with van der Waals surface area (Å²) in [6.07, 6.45) is 1.08. The van der Waals surface area contributed by atoms with Crippen molar-refractivity contribution in [3.63, 3.8) is 0 Å².